The number of carbonyl (C=O) groups is 1. The maximum atomic E-state index is 12.8. The number of benzene rings is 2. The van der Waals surface area contributed by atoms with Crippen molar-refractivity contribution in [2.75, 3.05) is 24.5 Å². The molecule has 1 saturated heterocycles. The molecule has 1 atom stereocenters. The van der Waals surface area contributed by atoms with Gasteiger partial charge in [-0.25, -0.2) is 18.5 Å². The number of amides is 1. The molecular weight excluding hydrogens is 444 g/mol. The number of anilines is 1. The number of thiazole rings is 1. The number of rotatable bonds is 6. The lowest BCUT2D eigenvalue weighted by Gasteiger charge is -2.31. The number of hydrogen-bond donors (Lipinski definition) is 2. The Bertz CT molecular complexity index is 1240. The fourth-order valence-electron chi connectivity index (χ4n) is 4.18. The topological polar surface area (TPSA) is 105 Å². The van der Waals surface area contributed by atoms with Gasteiger partial charge in [0.2, 0.25) is 15.9 Å². The minimum atomic E-state index is -3.69. The number of nitrogens with zero attached hydrogens (tertiary/aromatic N) is 2. The smallest absolute Gasteiger partial charge is 0.238 e. The maximum Gasteiger partial charge on any atom is 0.238 e. The van der Waals surface area contributed by atoms with Gasteiger partial charge in [-0.15, -0.1) is 0 Å². The first kappa shape index (κ1) is 22.7. The van der Waals surface area contributed by atoms with Crippen molar-refractivity contribution in [1.82, 2.24) is 10.3 Å². The normalized spacial score (nSPS) is 17.0. The highest BCUT2D eigenvalue weighted by atomic mass is 32.2. The molecule has 3 N–H and O–H groups in total. The van der Waals surface area contributed by atoms with Gasteiger partial charge in [-0.05, 0) is 68.0 Å². The molecule has 0 spiro atoms. The Kier molecular flexibility index (Phi) is 6.50. The third-order valence-electron chi connectivity index (χ3n) is 5.85. The number of aromatic nitrogens is 1. The number of fused-ring (bicyclic) bond motifs is 1. The fraction of sp³-hybridized carbons (Fsp3) is 0.391. The molecule has 1 aliphatic rings. The van der Waals surface area contributed by atoms with Crippen LogP contribution in [-0.4, -0.2) is 38.9 Å². The second-order valence-corrected chi connectivity index (χ2v) is 11.0. The Hall–Kier alpha value is -2.49. The molecule has 7 nitrogen and oxygen atoms in total. The van der Waals surface area contributed by atoms with Crippen molar-refractivity contribution in [3.8, 4) is 0 Å². The number of primary sulfonamides is 1. The van der Waals surface area contributed by atoms with E-state index < -0.39 is 10.0 Å². The molecule has 3 aromatic rings. The van der Waals surface area contributed by atoms with Crippen molar-refractivity contribution >= 4 is 42.6 Å². The second-order valence-electron chi connectivity index (χ2n) is 8.44. The zero-order valence-electron chi connectivity index (χ0n) is 18.3. The molecule has 32 heavy (non-hydrogen) atoms. The third kappa shape index (κ3) is 5.11. The lowest BCUT2D eigenvalue weighted by atomic mass is 9.97. The van der Waals surface area contributed by atoms with E-state index in [4.69, 9.17) is 10.1 Å². The fourth-order valence-corrected chi connectivity index (χ4v) is 5.87. The van der Waals surface area contributed by atoms with Crippen LogP contribution < -0.4 is 15.4 Å². The Morgan fingerprint density at radius 2 is 2.00 bits per heavy atom. The monoisotopic (exact) mass is 472 g/mol. The summed E-state index contributed by atoms with van der Waals surface area (Å²) in [5.74, 6) is -0.00709. The standard InChI is InChI=1S/C23H28N4O3S2/c1-15-12-16(2)21-20(13-15)31-23(26-21)27-11-3-4-18(14-27)22(28)25-10-9-17-5-7-19(8-6-17)32(24,29)30/h5-8,12-13,18H,3-4,9-11,14H2,1-2H3,(H,25,28)(H2,24,29,30)/t18-/m1/s1. The van der Waals surface area contributed by atoms with Crippen LogP contribution >= 0.6 is 11.3 Å². The first-order chi connectivity index (χ1) is 15.2. The van der Waals surface area contributed by atoms with Gasteiger partial charge in [0.25, 0.3) is 0 Å². The molecule has 0 bridgehead atoms. The van der Waals surface area contributed by atoms with Gasteiger partial charge < -0.3 is 10.2 Å². The number of hydrogen-bond acceptors (Lipinski definition) is 6. The van der Waals surface area contributed by atoms with Crippen LogP contribution in [0, 0.1) is 19.8 Å². The molecule has 9 heteroatoms. The number of nitrogens with one attached hydrogen (secondary N) is 1. The average Bonchev–Trinajstić information content (AvgIpc) is 3.18. The third-order valence-corrected chi connectivity index (χ3v) is 7.84. The minimum absolute atomic E-state index is 0.0593. The van der Waals surface area contributed by atoms with Gasteiger partial charge in [-0.2, -0.15) is 0 Å². The predicted octanol–water partition coefficient (Wildman–Crippen LogP) is 3.14. The van der Waals surface area contributed by atoms with Crippen LogP contribution in [0.3, 0.4) is 0 Å². The van der Waals surface area contributed by atoms with Crippen molar-refractivity contribution in [2.45, 2.75) is 38.0 Å². The van der Waals surface area contributed by atoms with Crippen LogP contribution in [-0.2, 0) is 21.2 Å². The maximum absolute atomic E-state index is 12.8. The molecular formula is C23H28N4O3S2. The number of sulfonamides is 1. The van der Waals surface area contributed by atoms with Gasteiger partial charge in [0.1, 0.15) is 0 Å². The highest BCUT2D eigenvalue weighted by molar-refractivity contribution is 7.89. The lowest BCUT2D eigenvalue weighted by molar-refractivity contribution is -0.125. The molecule has 0 aliphatic carbocycles. The summed E-state index contributed by atoms with van der Waals surface area (Å²) in [6.07, 6.45) is 2.46. The van der Waals surface area contributed by atoms with E-state index in [1.54, 1.807) is 23.5 Å². The Morgan fingerprint density at radius 1 is 1.25 bits per heavy atom. The number of nitrogens with two attached hydrogens (primary N) is 1. The number of carbonyl (C=O) groups excluding carboxylic acids is 1. The molecule has 1 fully saturated rings. The highest BCUT2D eigenvalue weighted by Gasteiger charge is 2.27. The minimum Gasteiger partial charge on any atom is -0.355 e. The zero-order valence-corrected chi connectivity index (χ0v) is 19.9. The van der Waals surface area contributed by atoms with Crippen LogP contribution in [0.4, 0.5) is 5.13 Å². The van der Waals surface area contributed by atoms with Crippen LogP contribution in [0.15, 0.2) is 41.3 Å². The predicted molar refractivity (Wildman–Crippen MR) is 129 cm³/mol. The lowest BCUT2D eigenvalue weighted by Crippen LogP contribution is -2.43. The van der Waals surface area contributed by atoms with Gasteiger partial charge in [0.15, 0.2) is 5.13 Å². The summed E-state index contributed by atoms with van der Waals surface area (Å²) in [6.45, 7) is 6.28. The first-order valence-corrected chi connectivity index (χ1v) is 13.1. The Morgan fingerprint density at radius 3 is 2.72 bits per heavy atom. The van der Waals surface area contributed by atoms with Gasteiger partial charge in [-0.1, -0.05) is 29.5 Å². The molecule has 1 aromatic heterocycles. The van der Waals surface area contributed by atoms with Gasteiger partial charge >= 0.3 is 0 Å². The molecule has 1 aliphatic heterocycles. The van der Waals surface area contributed by atoms with E-state index in [9.17, 15) is 13.2 Å². The quantitative estimate of drug-likeness (QED) is 0.573. The summed E-state index contributed by atoms with van der Waals surface area (Å²) < 4.78 is 23.9. The largest absolute Gasteiger partial charge is 0.355 e. The van der Waals surface area contributed by atoms with Crippen molar-refractivity contribution in [3.63, 3.8) is 0 Å². The zero-order chi connectivity index (χ0) is 22.9. The second kappa shape index (κ2) is 9.17. The number of piperidine rings is 1. The molecule has 170 valence electrons. The van der Waals surface area contributed by atoms with E-state index in [1.807, 2.05) is 0 Å². The van der Waals surface area contributed by atoms with Crippen LogP contribution in [0.5, 0.6) is 0 Å². The Labute approximate surface area is 192 Å². The molecule has 1 amide bonds. The summed E-state index contributed by atoms with van der Waals surface area (Å²) >= 11 is 1.70. The molecule has 4 rings (SSSR count). The van der Waals surface area contributed by atoms with Crippen molar-refractivity contribution in [3.05, 3.63) is 53.1 Å². The molecule has 2 aromatic carbocycles. The van der Waals surface area contributed by atoms with E-state index in [1.165, 1.54) is 28.0 Å². The summed E-state index contributed by atoms with van der Waals surface area (Å²) in [5.41, 5.74) is 4.42. The average molecular weight is 473 g/mol. The van der Waals surface area contributed by atoms with Crippen molar-refractivity contribution in [2.24, 2.45) is 11.1 Å². The van der Waals surface area contributed by atoms with Crippen LogP contribution in [0.2, 0.25) is 0 Å². The van der Waals surface area contributed by atoms with E-state index in [2.05, 4.69) is 36.2 Å². The molecule has 0 radical (unpaired) electrons. The van der Waals surface area contributed by atoms with Crippen molar-refractivity contribution in [1.29, 1.82) is 0 Å². The van der Waals surface area contributed by atoms with E-state index in [-0.39, 0.29) is 16.7 Å². The molecule has 0 saturated carbocycles. The van der Waals surface area contributed by atoms with Gasteiger partial charge in [0, 0.05) is 19.6 Å². The Balaban J connectivity index is 1.34. The van der Waals surface area contributed by atoms with Gasteiger partial charge in [-0.3, -0.25) is 4.79 Å². The molecule has 2 heterocycles. The SMILES string of the molecule is Cc1cc(C)c2nc(N3CCC[C@@H](C(=O)NCCc4ccc(S(N)(=O)=O)cc4)C3)sc2c1. The van der Waals surface area contributed by atoms with E-state index in [0.717, 1.165) is 35.6 Å². The number of aryl methyl sites for hydroxylation is 2. The summed E-state index contributed by atoms with van der Waals surface area (Å²) in [5, 5.41) is 9.15. The first-order valence-electron chi connectivity index (χ1n) is 10.7. The summed E-state index contributed by atoms with van der Waals surface area (Å²) in [4.78, 5) is 20.0. The van der Waals surface area contributed by atoms with Crippen LogP contribution in [0.25, 0.3) is 10.2 Å². The van der Waals surface area contributed by atoms with Crippen molar-refractivity contribution < 1.29 is 13.2 Å². The van der Waals surface area contributed by atoms with Crippen LogP contribution in [0.1, 0.15) is 29.5 Å². The summed E-state index contributed by atoms with van der Waals surface area (Å²) in [7, 11) is -3.69. The summed E-state index contributed by atoms with van der Waals surface area (Å²) in [6, 6.07) is 10.8. The van der Waals surface area contributed by atoms with Gasteiger partial charge in [0.05, 0.1) is 21.0 Å². The van der Waals surface area contributed by atoms with E-state index in [0.29, 0.717) is 19.5 Å². The highest BCUT2D eigenvalue weighted by Crippen LogP contribution is 2.33. The van der Waals surface area contributed by atoms with E-state index >= 15 is 0 Å². The molecule has 0 unspecified atom stereocenters.